The molecule has 0 aliphatic carbocycles. The molecule has 9 heteroatoms. The zero-order chi connectivity index (χ0) is 36.1. The Kier molecular flexibility index (Phi) is 5.35. The van der Waals surface area contributed by atoms with Gasteiger partial charge < -0.3 is 9.64 Å². The van der Waals surface area contributed by atoms with Crippen LogP contribution in [0.4, 0.5) is 13.2 Å². The predicted molar refractivity (Wildman–Crippen MR) is 141 cm³/mol. The van der Waals surface area contributed by atoms with E-state index in [1.165, 1.54) is 17.0 Å². The Hall–Kier alpha value is -2.49. The predicted octanol–water partition coefficient (Wildman–Crippen LogP) is 5.11. The van der Waals surface area contributed by atoms with Crippen molar-refractivity contribution in [2.45, 2.75) is 64.2 Å². The summed E-state index contributed by atoms with van der Waals surface area (Å²) < 4.78 is 124. The molecule has 2 aromatic rings. The number of amides is 1. The molecule has 2 aliphatic rings. The highest BCUT2D eigenvalue weighted by Crippen LogP contribution is 2.35. The first kappa shape index (κ1) is 18.0. The van der Waals surface area contributed by atoms with Gasteiger partial charge in [0.2, 0.25) is 0 Å². The lowest BCUT2D eigenvalue weighted by Gasteiger charge is -2.52. The molecule has 208 valence electrons. The number of methoxy groups -OCH3 is 1. The van der Waals surface area contributed by atoms with E-state index in [0.717, 1.165) is 24.4 Å². The lowest BCUT2D eigenvalue weighted by atomic mass is 9.86. The van der Waals surface area contributed by atoms with Crippen LogP contribution in [0.1, 0.15) is 79.2 Å². The van der Waals surface area contributed by atoms with Crippen LogP contribution in [0, 0.1) is 13.7 Å². The number of likely N-dealkylation sites (tertiary alicyclic amines) is 1. The molecule has 2 aliphatic heterocycles. The monoisotopic (exact) mass is 542 g/mol. The van der Waals surface area contributed by atoms with E-state index in [9.17, 15) is 19.3 Å². The van der Waals surface area contributed by atoms with Crippen LogP contribution in [0.5, 0.6) is 0 Å². The Morgan fingerprint density at radius 3 is 2.53 bits per heavy atom. The van der Waals surface area contributed by atoms with Crippen molar-refractivity contribution in [3.8, 4) is 0 Å². The number of halogens is 3. The second-order valence-corrected chi connectivity index (χ2v) is 10.2. The van der Waals surface area contributed by atoms with Crippen LogP contribution in [0.25, 0.3) is 0 Å². The van der Waals surface area contributed by atoms with Crippen LogP contribution in [0.2, 0.25) is 0 Å². The molecule has 0 N–H and O–H groups in total. The van der Waals surface area contributed by atoms with Crippen LogP contribution in [0.3, 0.4) is 0 Å². The molecule has 2 atom stereocenters. The van der Waals surface area contributed by atoms with E-state index in [2.05, 4.69) is 9.88 Å². The van der Waals surface area contributed by atoms with Crippen molar-refractivity contribution >= 4 is 5.91 Å². The molecule has 0 radical (unpaired) electrons. The number of piperazine rings is 1. The number of piperidine rings is 1. The van der Waals surface area contributed by atoms with Crippen LogP contribution >= 0.6 is 0 Å². The minimum absolute atomic E-state index is 0.154. The van der Waals surface area contributed by atoms with Gasteiger partial charge in [0.1, 0.15) is 0 Å². The van der Waals surface area contributed by atoms with E-state index in [1.54, 1.807) is 4.90 Å². The fourth-order valence-corrected chi connectivity index (χ4v) is 5.45. The average molecular weight is 543 g/mol. The van der Waals surface area contributed by atoms with E-state index >= 15 is 0 Å². The summed E-state index contributed by atoms with van der Waals surface area (Å²) in [6, 6.07) is 3.02. The molecule has 6 nitrogen and oxygen atoms in total. The third-order valence-electron chi connectivity index (χ3n) is 7.78. The number of carbonyl (C=O) groups excluding carboxylic acids is 1. The van der Waals surface area contributed by atoms with Crippen molar-refractivity contribution in [1.82, 2.24) is 19.7 Å². The second kappa shape index (κ2) is 11.3. The summed E-state index contributed by atoms with van der Waals surface area (Å²) in [7, 11) is -2.83. The number of hydrogen-bond donors (Lipinski definition) is 0. The Morgan fingerprint density at radius 1 is 1.18 bits per heavy atom. The number of aromatic nitrogens is 1. The highest BCUT2D eigenvalue weighted by molar-refractivity contribution is 5.96. The van der Waals surface area contributed by atoms with Crippen molar-refractivity contribution in [2.24, 2.45) is 0 Å². The maximum atomic E-state index is 13.7. The number of alkyl halides is 3. The summed E-state index contributed by atoms with van der Waals surface area (Å²) in [5, 5.41) is 0. The van der Waals surface area contributed by atoms with Crippen molar-refractivity contribution in [2.75, 3.05) is 46.4 Å². The third-order valence-corrected chi connectivity index (χ3v) is 7.78. The number of carbonyl (C=O) groups is 1. The topological polar surface area (TPSA) is 48.9 Å². The van der Waals surface area contributed by atoms with Crippen molar-refractivity contribution < 1.29 is 36.4 Å². The minimum Gasteiger partial charge on any atom is -0.383 e. The molecule has 0 bridgehead atoms. The second-order valence-electron chi connectivity index (χ2n) is 10.2. The molecule has 0 spiro atoms. The standard InChI is InChI=1S/C29H39F3N4O2/c1-20-10-13-33-22(3)26(20)27(37)34-14-11-28(4,12-15-34)35-16-17-36(21(2)18-35)25(19-38-5)23-6-8-24(9-7-23)29(30,31)32/h6-10,13,21,25H,11-12,14-19H2,1-5H3/t21-,25-/m0/s1/i1D3,3D3,5D3,25D. The van der Waals surface area contributed by atoms with Gasteiger partial charge in [-0.05, 0) is 69.7 Å². The summed E-state index contributed by atoms with van der Waals surface area (Å²) in [6.45, 7) is -0.805. The number of nitrogens with zero attached hydrogens (tertiary/aromatic N) is 4. The van der Waals surface area contributed by atoms with Crippen LogP contribution in [-0.2, 0) is 10.9 Å². The molecule has 38 heavy (non-hydrogen) atoms. The molecular formula is C29H39F3N4O2. The van der Waals surface area contributed by atoms with E-state index < -0.39 is 67.8 Å². The average Bonchev–Trinajstić information content (AvgIpc) is 2.98. The van der Waals surface area contributed by atoms with Gasteiger partial charge in [-0.3, -0.25) is 19.6 Å². The highest BCUT2D eigenvalue weighted by atomic mass is 19.4. The van der Waals surface area contributed by atoms with Gasteiger partial charge in [-0.15, -0.1) is 0 Å². The van der Waals surface area contributed by atoms with Gasteiger partial charge in [-0.2, -0.15) is 13.2 Å². The molecule has 2 fully saturated rings. The first-order valence-electron chi connectivity index (χ1n) is 17.5. The largest absolute Gasteiger partial charge is 0.416 e. The fourth-order valence-electron chi connectivity index (χ4n) is 5.45. The van der Waals surface area contributed by atoms with E-state index in [-0.39, 0.29) is 36.8 Å². The number of hydrogen-bond acceptors (Lipinski definition) is 5. The molecular weight excluding hydrogens is 493 g/mol. The smallest absolute Gasteiger partial charge is 0.383 e. The third kappa shape index (κ3) is 5.90. The van der Waals surface area contributed by atoms with Gasteiger partial charge in [0.15, 0.2) is 0 Å². The molecule has 2 saturated heterocycles. The SMILES string of the molecule is [2H]C([2H])([2H])OC[C@@]([2H])(c1ccc(C(F)(F)F)cc1)N1CCN(C2(C)CCN(C(=O)c3c(C([2H])([2H])[2H])ccnc3C([2H])([2H])[2H])CC2)C[C@@H]1C. The first-order chi connectivity index (χ1) is 21.9. The fraction of sp³-hybridized carbons (Fsp3) is 0.586. The number of rotatable bonds is 6. The van der Waals surface area contributed by atoms with Crippen molar-refractivity contribution in [3.05, 3.63) is 64.5 Å². The Balaban J connectivity index is 1.52. The molecule has 1 aromatic carbocycles. The lowest BCUT2D eigenvalue weighted by Crippen LogP contribution is -2.62. The van der Waals surface area contributed by atoms with E-state index in [4.69, 9.17) is 17.1 Å². The molecule has 3 heterocycles. The van der Waals surface area contributed by atoms with Gasteiger partial charge in [-0.1, -0.05) is 12.1 Å². The molecule has 1 aromatic heterocycles. The van der Waals surface area contributed by atoms with E-state index in [0.29, 0.717) is 25.9 Å². The van der Waals surface area contributed by atoms with Crippen molar-refractivity contribution in [3.63, 3.8) is 0 Å². The summed E-state index contributed by atoms with van der Waals surface area (Å²) in [6.07, 6.45) is -2.58. The maximum absolute atomic E-state index is 13.7. The quantitative estimate of drug-likeness (QED) is 0.508. The Morgan fingerprint density at radius 2 is 1.92 bits per heavy atom. The van der Waals surface area contributed by atoms with Gasteiger partial charge in [0.05, 0.1) is 34.9 Å². The van der Waals surface area contributed by atoms with Gasteiger partial charge in [-0.25, -0.2) is 0 Å². The van der Waals surface area contributed by atoms with Crippen LogP contribution in [-0.4, -0.2) is 83.5 Å². The van der Waals surface area contributed by atoms with Crippen LogP contribution in [0.15, 0.2) is 36.5 Å². The lowest BCUT2D eigenvalue weighted by molar-refractivity contribution is -0.137. The summed E-state index contributed by atoms with van der Waals surface area (Å²) in [5.74, 6) is -0.717. The minimum atomic E-state index is -4.58. The van der Waals surface area contributed by atoms with Crippen LogP contribution < -0.4 is 0 Å². The molecule has 0 saturated carbocycles. The Labute approximate surface area is 237 Å². The van der Waals surface area contributed by atoms with E-state index in [1.807, 2.05) is 13.8 Å². The number of benzene rings is 1. The summed E-state index contributed by atoms with van der Waals surface area (Å²) >= 11 is 0. The summed E-state index contributed by atoms with van der Waals surface area (Å²) in [4.78, 5) is 22.9. The zero-order valence-electron chi connectivity index (χ0n) is 31.4. The molecule has 4 rings (SSSR count). The van der Waals surface area contributed by atoms with Crippen molar-refractivity contribution in [1.29, 1.82) is 0 Å². The molecule has 1 amide bonds. The maximum Gasteiger partial charge on any atom is 0.416 e. The molecule has 0 unspecified atom stereocenters. The summed E-state index contributed by atoms with van der Waals surface area (Å²) in [5.41, 5.74) is -2.55. The van der Waals surface area contributed by atoms with Gasteiger partial charge in [0.25, 0.3) is 5.91 Å². The number of ether oxygens (including phenoxy) is 1. The Bertz CT molecular complexity index is 1430. The number of pyridine rings is 1. The van der Waals surface area contributed by atoms with Gasteiger partial charge in [0, 0.05) is 65.8 Å². The zero-order valence-corrected chi connectivity index (χ0v) is 21.4. The highest BCUT2D eigenvalue weighted by Gasteiger charge is 2.41. The number of aryl methyl sites for hydroxylation is 2. The van der Waals surface area contributed by atoms with Gasteiger partial charge >= 0.3 is 6.18 Å². The normalized spacial score (nSPS) is 27.6. The first-order valence-corrected chi connectivity index (χ1v) is 12.5.